The minimum Gasteiger partial charge on any atom is -0.339 e. The Hall–Kier alpha value is -1.20. The fourth-order valence-corrected chi connectivity index (χ4v) is 2.04. The van der Waals surface area contributed by atoms with Gasteiger partial charge in [-0.3, -0.25) is 0 Å². The smallest absolute Gasteiger partial charge is 0.228 e. The van der Waals surface area contributed by atoms with E-state index >= 15 is 0 Å². The monoisotopic (exact) mass is 323 g/mol. The highest BCUT2D eigenvalue weighted by molar-refractivity contribution is 9.10. The number of nitrogens with one attached hydrogen (secondary N) is 1. The molecule has 0 fully saturated rings. The van der Waals surface area contributed by atoms with Gasteiger partial charge in [0.2, 0.25) is 11.7 Å². The van der Waals surface area contributed by atoms with Crippen LogP contribution in [0.1, 0.15) is 26.2 Å². The average Bonchev–Trinajstić information content (AvgIpc) is 2.85. The van der Waals surface area contributed by atoms with E-state index in [1.54, 1.807) is 0 Å². The fraction of sp³-hybridized carbons (Fsp3) is 0.429. The first-order valence-electron chi connectivity index (χ1n) is 6.51. The summed E-state index contributed by atoms with van der Waals surface area (Å²) in [5.41, 5.74) is 0.965. The molecule has 2 aromatic rings. The van der Waals surface area contributed by atoms with Gasteiger partial charge in [-0.2, -0.15) is 4.98 Å². The molecule has 19 heavy (non-hydrogen) atoms. The van der Waals surface area contributed by atoms with E-state index in [0.717, 1.165) is 29.4 Å². The second kappa shape index (κ2) is 6.82. The van der Waals surface area contributed by atoms with Crippen molar-refractivity contribution in [3.8, 4) is 11.4 Å². The molecule has 2 rings (SSSR count). The van der Waals surface area contributed by atoms with Gasteiger partial charge in [-0.15, -0.1) is 0 Å². The van der Waals surface area contributed by atoms with E-state index < -0.39 is 0 Å². The van der Waals surface area contributed by atoms with Crippen LogP contribution in [0.5, 0.6) is 0 Å². The zero-order chi connectivity index (χ0) is 13.7. The zero-order valence-corrected chi connectivity index (χ0v) is 12.8. The van der Waals surface area contributed by atoms with Gasteiger partial charge in [0.05, 0.1) is 0 Å². The molecule has 1 atom stereocenters. The number of hydrogen-bond acceptors (Lipinski definition) is 4. The molecule has 5 heteroatoms. The normalized spacial score (nSPS) is 12.6. The van der Waals surface area contributed by atoms with Gasteiger partial charge >= 0.3 is 0 Å². The van der Waals surface area contributed by atoms with Crippen molar-refractivity contribution in [2.24, 2.45) is 0 Å². The lowest BCUT2D eigenvalue weighted by atomic mass is 10.2. The van der Waals surface area contributed by atoms with Crippen molar-refractivity contribution in [3.05, 3.63) is 34.6 Å². The van der Waals surface area contributed by atoms with Crippen LogP contribution in [0.4, 0.5) is 0 Å². The summed E-state index contributed by atoms with van der Waals surface area (Å²) in [5, 5.41) is 7.42. The van der Waals surface area contributed by atoms with Gasteiger partial charge in [-0.25, -0.2) is 0 Å². The summed E-state index contributed by atoms with van der Waals surface area (Å²) in [6.45, 7) is 5.28. The van der Waals surface area contributed by atoms with E-state index in [-0.39, 0.29) is 0 Å². The van der Waals surface area contributed by atoms with E-state index in [2.05, 4.69) is 45.2 Å². The van der Waals surface area contributed by atoms with Gasteiger partial charge in [0.15, 0.2) is 0 Å². The van der Waals surface area contributed by atoms with Gasteiger partial charge in [0.25, 0.3) is 0 Å². The lowest BCUT2D eigenvalue weighted by Gasteiger charge is -2.09. The maximum atomic E-state index is 5.29. The van der Waals surface area contributed by atoms with Gasteiger partial charge in [-0.1, -0.05) is 28.0 Å². The number of rotatable bonds is 6. The Morgan fingerprint density at radius 1 is 1.32 bits per heavy atom. The maximum absolute atomic E-state index is 5.29. The molecule has 102 valence electrons. The Labute approximate surface area is 121 Å². The van der Waals surface area contributed by atoms with Crippen LogP contribution in [0.3, 0.4) is 0 Å². The van der Waals surface area contributed by atoms with Crippen LogP contribution in [0, 0.1) is 0 Å². The number of benzene rings is 1. The molecule has 1 N–H and O–H groups in total. The Balaban J connectivity index is 2.00. The Bertz CT molecular complexity index is 510. The largest absolute Gasteiger partial charge is 0.339 e. The predicted octanol–water partition coefficient (Wildman–Crippen LogP) is 3.43. The van der Waals surface area contributed by atoms with E-state index in [1.165, 1.54) is 0 Å². The van der Waals surface area contributed by atoms with E-state index in [9.17, 15) is 0 Å². The van der Waals surface area contributed by atoms with E-state index in [1.807, 2.05) is 24.3 Å². The molecule has 0 spiro atoms. The topological polar surface area (TPSA) is 51.0 Å². The highest BCUT2D eigenvalue weighted by Gasteiger charge is 2.11. The Kier molecular flexibility index (Phi) is 5.10. The Morgan fingerprint density at radius 2 is 2.05 bits per heavy atom. The number of halogens is 1. The molecule has 0 radical (unpaired) electrons. The highest BCUT2D eigenvalue weighted by atomic mass is 79.9. The number of nitrogens with zero attached hydrogens (tertiary/aromatic N) is 2. The highest BCUT2D eigenvalue weighted by Crippen LogP contribution is 2.19. The maximum Gasteiger partial charge on any atom is 0.228 e. The zero-order valence-electron chi connectivity index (χ0n) is 11.2. The molecule has 0 amide bonds. The predicted molar refractivity (Wildman–Crippen MR) is 78.9 cm³/mol. The van der Waals surface area contributed by atoms with Crippen molar-refractivity contribution in [1.29, 1.82) is 0 Å². The molecule has 0 saturated carbocycles. The second-order valence-corrected chi connectivity index (χ2v) is 5.49. The molecule has 0 aliphatic heterocycles. The van der Waals surface area contributed by atoms with E-state index in [0.29, 0.717) is 17.8 Å². The molecular weight excluding hydrogens is 306 g/mol. The quantitative estimate of drug-likeness (QED) is 0.884. The summed E-state index contributed by atoms with van der Waals surface area (Å²) in [6, 6.07) is 8.22. The third-order valence-electron chi connectivity index (χ3n) is 2.79. The van der Waals surface area contributed by atoms with Crippen molar-refractivity contribution >= 4 is 15.9 Å². The third kappa shape index (κ3) is 4.14. The molecule has 1 aromatic carbocycles. The van der Waals surface area contributed by atoms with Crippen molar-refractivity contribution in [2.45, 2.75) is 32.7 Å². The SMILES string of the molecule is CCCNC(C)Cc1nc(-c2ccc(Br)cc2)no1. The van der Waals surface area contributed by atoms with Crippen LogP contribution in [0.15, 0.2) is 33.3 Å². The molecule has 1 unspecified atom stereocenters. The molecule has 4 nitrogen and oxygen atoms in total. The molecular formula is C14H18BrN3O. The number of aromatic nitrogens is 2. The third-order valence-corrected chi connectivity index (χ3v) is 3.32. The van der Waals surface area contributed by atoms with Crippen molar-refractivity contribution < 1.29 is 4.52 Å². The molecule has 1 aromatic heterocycles. The lowest BCUT2D eigenvalue weighted by Crippen LogP contribution is -2.28. The van der Waals surface area contributed by atoms with Gasteiger partial charge in [0.1, 0.15) is 0 Å². The Morgan fingerprint density at radius 3 is 2.74 bits per heavy atom. The van der Waals surface area contributed by atoms with Crippen molar-refractivity contribution in [1.82, 2.24) is 15.5 Å². The second-order valence-electron chi connectivity index (χ2n) is 4.58. The fourth-order valence-electron chi connectivity index (χ4n) is 1.78. The van der Waals surface area contributed by atoms with Crippen LogP contribution < -0.4 is 5.32 Å². The van der Waals surface area contributed by atoms with Crippen LogP contribution >= 0.6 is 15.9 Å². The number of hydrogen-bond donors (Lipinski definition) is 1. The first-order valence-corrected chi connectivity index (χ1v) is 7.30. The summed E-state index contributed by atoms with van der Waals surface area (Å²) in [4.78, 5) is 4.43. The standard InChI is InChI=1S/C14H18BrN3O/c1-3-8-16-10(2)9-13-17-14(18-19-13)11-4-6-12(15)7-5-11/h4-7,10,16H,3,8-9H2,1-2H3. The van der Waals surface area contributed by atoms with Gasteiger partial charge in [-0.05, 0) is 44.2 Å². The first-order chi connectivity index (χ1) is 9.19. The summed E-state index contributed by atoms with van der Waals surface area (Å²) in [6.07, 6.45) is 1.88. The van der Waals surface area contributed by atoms with Crippen LogP contribution in [-0.4, -0.2) is 22.7 Å². The molecule has 1 heterocycles. The lowest BCUT2D eigenvalue weighted by molar-refractivity contribution is 0.362. The minimum atomic E-state index is 0.346. The van der Waals surface area contributed by atoms with Gasteiger partial charge < -0.3 is 9.84 Å². The summed E-state index contributed by atoms with van der Waals surface area (Å²) in [5.74, 6) is 1.32. The van der Waals surface area contributed by atoms with Crippen LogP contribution in [0.2, 0.25) is 0 Å². The van der Waals surface area contributed by atoms with Crippen LogP contribution in [0.25, 0.3) is 11.4 Å². The molecule has 0 aliphatic carbocycles. The van der Waals surface area contributed by atoms with Gasteiger partial charge in [0, 0.05) is 22.5 Å². The molecule has 0 aliphatic rings. The summed E-state index contributed by atoms with van der Waals surface area (Å²) in [7, 11) is 0. The molecule has 0 saturated heterocycles. The minimum absolute atomic E-state index is 0.346. The summed E-state index contributed by atoms with van der Waals surface area (Å²) >= 11 is 3.41. The van der Waals surface area contributed by atoms with Crippen LogP contribution in [-0.2, 0) is 6.42 Å². The molecule has 0 bridgehead atoms. The van der Waals surface area contributed by atoms with Crippen molar-refractivity contribution in [2.75, 3.05) is 6.54 Å². The first kappa shape index (κ1) is 14.2. The van der Waals surface area contributed by atoms with E-state index in [4.69, 9.17) is 4.52 Å². The van der Waals surface area contributed by atoms with Crippen molar-refractivity contribution in [3.63, 3.8) is 0 Å². The summed E-state index contributed by atoms with van der Waals surface area (Å²) < 4.78 is 6.33. The average molecular weight is 324 g/mol.